The molecule has 2 aromatic rings. The van der Waals surface area contributed by atoms with Crippen LogP contribution in [0.5, 0.6) is 11.5 Å². The number of nitrogens with zero attached hydrogens (tertiary/aromatic N) is 1. The average Bonchev–Trinajstić information content (AvgIpc) is 2.88. The van der Waals surface area contributed by atoms with Crippen LogP contribution in [0.4, 0.5) is 10.5 Å². The lowest BCUT2D eigenvalue weighted by Gasteiger charge is -2.22. The third kappa shape index (κ3) is 3.61. The van der Waals surface area contributed by atoms with E-state index in [1.165, 1.54) is 0 Å². The summed E-state index contributed by atoms with van der Waals surface area (Å²) in [5, 5.41) is 5.38. The van der Waals surface area contributed by atoms with Crippen molar-refractivity contribution in [2.75, 3.05) is 25.1 Å². The predicted octanol–water partition coefficient (Wildman–Crippen LogP) is 2.25. The normalized spacial score (nSPS) is 20.8. The van der Waals surface area contributed by atoms with Gasteiger partial charge < -0.3 is 20.1 Å². The van der Waals surface area contributed by atoms with Gasteiger partial charge >= 0.3 is 6.03 Å². The van der Waals surface area contributed by atoms with Crippen LogP contribution in [0.2, 0.25) is 0 Å². The highest BCUT2D eigenvalue weighted by Gasteiger charge is 2.49. The van der Waals surface area contributed by atoms with Gasteiger partial charge in [-0.15, -0.1) is 0 Å². The molecule has 2 aliphatic heterocycles. The summed E-state index contributed by atoms with van der Waals surface area (Å²) in [4.78, 5) is 38.7. The molecule has 150 valence electrons. The van der Waals surface area contributed by atoms with Gasteiger partial charge in [0.2, 0.25) is 5.91 Å². The molecule has 2 N–H and O–H groups in total. The maximum absolute atomic E-state index is 12.9. The Balaban J connectivity index is 1.45. The number of nitrogens with one attached hydrogen (secondary N) is 2. The van der Waals surface area contributed by atoms with Gasteiger partial charge in [0, 0.05) is 18.2 Å². The summed E-state index contributed by atoms with van der Waals surface area (Å²) in [5.74, 6) is 0.211. The number of carbonyl (C=O) groups excluding carboxylic acids is 3. The number of imide groups is 1. The van der Waals surface area contributed by atoms with Gasteiger partial charge in [-0.25, -0.2) is 4.79 Å². The summed E-state index contributed by atoms with van der Waals surface area (Å²) >= 11 is 0. The Morgan fingerprint density at radius 1 is 1.10 bits per heavy atom. The second-order valence-electron chi connectivity index (χ2n) is 7.07. The fourth-order valence-electron chi connectivity index (χ4n) is 3.39. The van der Waals surface area contributed by atoms with Gasteiger partial charge in [-0.05, 0) is 24.6 Å². The number of ether oxygens (including phenoxy) is 2. The van der Waals surface area contributed by atoms with Crippen molar-refractivity contribution < 1.29 is 23.9 Å². The molecule has 29 heavy (non-hydrogen) atoms. The number of amides is 4. The van der Waals surface area contributed by atoms with E-state index in [9.17, 15) is 14.4 Å². The van der Waals surface area contributed by atoms with Gasteiger partial charge in [-0.1, -0.05) is 30.3 Å². The smallest absolute Gasteiger partial charge is 0.325 e. The zero-order chi connectivity index (χ0) is 20.4. The second-order valence-corrected chi connectivity index (χ2v) is 7.07. The minimum absolute atomic E-state index is 0.387. The van der Waals surface area contributed by atoms with Crippen LogP contribution < -0.4 is 20.1 Å². The third-order valence-electron chi connectivity index (χ3n) is 4.96. The highest BCUT2D eigenvalue weighted by molar-refractivity contribution is 6.10. The first kappa shape index (κ1) is 18.8. The molecule has 4 rings (SSSR count). The predicted molar refractivity (Wildman–Crippen MR) is 105 cm³/mol. The van der Waals surface area contributed by atoms with Crippen LogP contribution >= 0.6 is 0 Å². The van der Waals surface area contributed by atoms with Crippen LogP contribution in [-0.2, 0) is 15.1 Å². The molecular formula is C21H21N3O5. The van der Waals surface area contributed by atoms with Crippen LogP contribution in [0.3, 0.4) is 0 Å². The van der Waals surface area contributed by atoms with E-state index in [1.54, 1.807) is 49.4 Å². The zero-order valence-corrected chi connectivity index (χ0v) is 15.9. The first-order valence-corrected chi connectivity index (χ1v) is 9.36. The van der Waals surface area contributed by atoms with Gasteiger partial charge in [-0.2, -0.15) is 0 Å². The molecule has 8 heteroatoms. The molecule has 2 aromatic carbocycles. The molecule has 2 heterocycles. The first-order valence-electron chi connectivity index (χ1n) is 9.36. The molecule has 0 radical (unpaired) electrons. The molecule has 4 amide bonds. The van der Waals surface area contributed by atoms with E-state index in [4.69, 9.17) is 9.47 Å². The van der Waals surface area contributed by atoms with Gasteiger partial charge in [0.25, 0.3) is 5.91 Å². The first-order chi connectivity index (χ1) is 14.0. The Hall–Kier alpha value is -3.55. The molecule has 0 aliphatic carbocycles. The summed E-state index contributed by atoms with van der Waals surface area (Å²) in [6.07, 6.45) is 0.780. The van der Waals surface area contributed by atoms with Crippen LogP contribution in [0, 0.1) is 0 Å². The Kier molecular flexibility index (Phi) is 4.84. The van der Waals surface area contributed by atoms with Crippen LogP contribution in [0.15, 0.2) is 48.5 Å². The van der Waals surface area contributed by atoms with E-state index in [1.807, 2.05) is 6.07 Å². The summed E-state index contributed by atoms with van der Waals surface area (Å²) in [5.41, 5.74) is -0.0466. The summed E-state index contributed by atoms with van der Waals surface area (Å²) in [6.45, 7) is 2.35. The van der Waals surface area contributed by atoms with Gasteiger partial charge in [-0.3, -0.25) is 14.5 Å². The van der Waals surface area contributed by atoms with E-state index in [-0.39, 0.29) is 6.54 Å². The van der Waals surface area contributed by atoms with E-state index < -0.39 is 23.4 Å². The molecule has 0 saturated carbocycles. The molecule has 0 aromatic heterocycles. The summed E-state index contributed by atoms with van der Waals surface area (Å²) < 4.78 is 11.2. The second kappa shape index (κ2) is 7.46. The standard InChI is InChI=1S/C21H21N3O5/c1-21(14-6-3-2-4-7-14)19(26)24(20(27)23-21)13-18(25)22-15-8-9-16-17(12-15)29-11-5-10-28-16/h2-4,6-9,12H,5,10-11,13H2,1H3,(H,22,25)(H,23,27)/t21-/m1/s1. The van der Waals surface area contributed by atoms with Crippen molar-refractivity contribution >= 4 is 23.5 Å². The summed E-state index contributed by atoms with van der Waals surface area (Å²) in [6, 6.07) is 13.4. The average molecular weight is 395 g/mol. The van der Waals surface area contributed by atoms with Crippen molar-refractivity contribution in [3.8, 4) is 11.5 Å². The highest BCUT2D eigenvalue weighted by atomic mass is 16.5. The number of carbonyl (C=O) groups is 3. The minimum atomic E-state index is -1.20. The molecule has 0 spiro atoms. The Labute approximate surface area is 167 Å². The van der Waals surface area contributed by atoms with E-state index >= 15 is 0 Å². The molecular weight excluding hydrogens is 374 g/mol. The maximum Gasteiger partial charge on any atom is 0.325 e. The molecule has 1 saturated heterocycles. The number of benzene rings is 2. The van der Waals surface area contributed by atoms with Crippen LogP contribution in [-0.4, -0.2) is 42.5 Å². The Bertz CT molecular complexity index is 962. The lowest BCUT2D eigenvalue weighted by atomic mass is 9.92. The van der Waals surface area contributed by atoms with E-state index in [0.717, 1.165) is 11.3 Å². The zero-order valence-electron chi connectivity index (χ0n) is 15.9. The van der Waals surface area contributed by atoms with Gasteiger partial charge in [0.1, 0.15) is 12.1 Å². The Morgan fingerprint density at radius 2 is 1.83 bits per heavy atom. The molecule has 1 atom stereocenters. The highest BCUT2D eigenvalue weighted by Crippen LogP contribution is 2.32. The largest absolute Gasteiger partial charge is 0.490 e. The number of rotatable bonds is 4. The molecule has 2 aliphatic rings. The van der Waals surface area contributed by atoms with Crippen molar-refractivity contribution in [1.82, 2.24) is 10.2 Å². The minimum Gasteiger partial charge on any atom is -0.490 e. The quantitative estimate of drug-likeness (QED) is 0.774. The molecule has 8 nitrogen and oxygen atoms in total. The monoisotopic (exact) mass is 395 g/mol. The number of anilines is 1. The van der Waals surface area contributed by atoms with E-state index in [2.05, 4.69) is 10.6 Å². The van der Waals surface area contributed by atoms with Crippen molar-refractivity contribution in [1.29, 1.82) is 0 Å². The van der Waals surface area contributed by atoms with E-state index in [0.29, 0.717) is 36.0 Å². The Morgan fingerprint density at radius 3 is 2.59 bits per heavy atom. The molecule has 0 unspecified atom stereocenters. The number of hydrogen-bond donors (Lipinski definition) is 2. The van der Waals surface area contributed by atoms with Crippen LogP contribution in [0.1, 0.15) is 18.9 Å². The fraction of sp³-hybridized carbons (Fsp3) is 0.286. The maximum atomic E-state index is 12.9. The van der Waals surface area contributed by atoms with Crippen LogP contribution in [0.25, 0.3) is 0 Å². The van der Waals surface area contributed by atoms with Crippen molar-refractivity contribution in [2.45, 2.75) is 18.9 Å². The number of hydrogen-bond acceptors (Lipinski definition) is 5. The van der Waals surface area contributed by atoms with Gasteiger partial charge in [0.05, 0.1) is 13.2 Å². The van der Waals surface area contributed by atoms with Crippen molar-refractivity contribution in [3.63, 3.8) is 0 Å². The topological polar surface area (TPSA) is 97.0 Å². The van der Waals surface area contributed by atoms with Gasteiger partial charge in [0.15, 0.2) is 11.5 Å². The summed E-state index contributed by atoms with van der Waals surface area (Å²) in [7, 11) is 0. The molecule has 1 fully saturated rings. The van der Waals surface area contributed by atoms with Crippen molar-refractivity contribution in [2.24, 2.45) is 0 Å². The number of fused-ring (bicyclic) bond motifs is 1. The fourth-order valence-corrected chi connectivity index (χ4v) is 3.39. The lowest BCUT2D eigenvalue weighted by Crippen LogP contribution is -2.42. The number of urea groups is 1. The third-order valence-corrected chi connectivity index (χ3v) is 4.96. The van der Waals surface area contributed by atoms with Crippen molar-refractivity contribution in [3.05, 3.63) is 54.1 Å². The lowest BCUT2D eigenvalue weighted by molar-refractivity contribution is -0.133. The SMILES string of the molecule is C[C@]1(c2ccccc2)NC(=O)N(CC(=O)Nc2ccc3c(c2)OCCCO3)C1=O. The molecule has 0 bridgehead atoms.